The zero-order chi connectivity index (χ0) is 14.9. The molecule has 0 spiro atoms. The van der Waals surface area contributed by atoms with Crippen molar-refractivity contribution in [1.29, 1.82) is 5.26 Å². The molecule has 1 aliphatic rings. The molecule has 0 radical (unpaired) electrons. The van der Waals surface area contributed by atoms with Gasteiger partial charge in [0.15, 0.2) is 5.78 Å². The Morgan fingerprint density at radius 3 is 2.85 bits per heavy atom. The van der Waals surface area contributed by atoms with Gasteiger partial charge in [-0.2, -0.15) is 5.26 Å². The largest absolute Gasteiger partial charge is 0.369 e. The van der Waals surface area contributed by atoms with Gasteiger partial charge >= 0.3 is 0 Å². The lowest BCUT2D eigenvalue weighted by Crippen LogP contribution is -2.28. The maximum absolute atomic E-state index is 12.1. The van der Waals surface area contributed by atoms with E-state index in [2.05, 4.69) is 4.98 Å². The predicted octanol–water partition coefficient (Wildman–Crippen LogP) is 1.69. The Bertz CT molecular complexity index is 632. The number of carbonyl (C=O) groups is 2. The molecule has 0 fully saturated rings. The summed E-state index contributed by atoms with van der Waals surface area (Å²) in [7, 11) is 0. The van der Waals surface area contributed by atoms with Crippen molar-refractivity contribution >= 4 is 23.5 Å². The van der Waals surface area contributed by atoms with E-state index in [1.54, 1.807) is 6.07 Å². The average molecular weight is 289 g/mol. The monoisotopic (exact) mass is 289 g/mol. The smallest absolute Gasteiger partial charge is 0.227 e. The third kappa shape index (κ3) is 2.99. The van der Waals surface area contributed by atoms with Crippen LogP contribution < -0.4 is 5.73 Å². The number of hydrogen-bond donors (Lipinski definition) is 1. The number of Topliss-reactive ketones (excluding diaryl/α,β-unsaturated/α-hetero) is 1. The zero-order valence-electron chi connectivity index (χ0n) is 11.4. The summed E-state index contributed by atoms with van der Waals surface area (Å²) in [6.07, 6.45) is 1.14. The minimum Gasteiger partial charge on any atom is -0.369 e. The van der Waals surface area contributed by atoms with Gasteiger partial charge in [0.1, 0.15) is 11.1 Å². The van der Waals surface area contributed by atoms with Gasteiger partial charge in [-0.05, 0) is 17.9 Å². The topological polar surface area (TPSA) is 96.8 Å². The molecule has 1 aliphatic carbocycles. The number of aromatic nitrogens is 1. The molecule has 6 heteroatoms. The van der Waals surface area contributed by atoms with E-state index < -0.39 is 5.91 Å². The first kappa shape index (κ1) is 14.5. The summed E-state index contributed by atoms with van der Waals surface area (Å²) in [5.41, 5.74) is 6.54. The van der Waals surface area contributed by atoms with Crippen molar-refractivity contribution in [3.63, 3.8) is 0 Å². The van der Waals surface area contributed by atoms with E-state index in [9.17, 15) is 9.59 Å². The molecule has 0 aromatic carbocycles. The molecule has 0 atom stereocenters. The van der Waals surface area contributed by atoms with Crippen molar-refractivity contribution in [3.05, 3.63) is 22.9 Å². The molecule has 1 aromatic rings. The number of hydrogen-bond acceptors (Lipinski definition) is 5. The van der Waals surface area contributed by atoms with Crippen molar-refractivity contribution in [2.24, 2.45) is 11.1 Å². The molecule has 0 unspecified atom stereocenters. The average Bonchev–Trinajstić information content (AvgIpc) is 2.34. The highest BCUT2D eigenvalue weighted by Gasteiger charge is 2.32. The van der Waals surface area contributed by atoms with E-state index in [0.29, 0.717) is 34.7 Å². The van der Waals surface area contributed by atoms with E-state index in [0.717, 1.165) is 11.8 Å². The van der Waals surface area contributed by atoms with E-state index in [1.807, 2.05) is 19.9 Å². The normalized spacial score (nSPS) is 16.4. The predicted molar refractivity (Wildman–Crippen MR) is 75.3 cm³/mol. The van der Waals surface area contributed by atoms with Gasteiger partial charge in [-0.1, -0.05) is 25.6 Å². The molecule has 1 amide bonds. The molecule has 5 nitrogen and oxygen atoms in total. The molecule has 2 rings (SSSR count). The summed E-state index contributed by atoms with van der Waals surface area (Å²) in [5, 5.41) is 9.61. The van der Waals surface area contributed by atoms with Crippen LogP contribution in [0.2, 0.25) is 0 Å². The second kappa shape index (κ2) is 5.25. The fraction of sp³-hybridized carbons (Fsp3) is 0.429. The molecule has 0 saturated carbocycles. The van der Waals surface area contributed by atoms with Crippen LogP contribution in [0.1, 0.15) is 41.9 Å². The van der Waals surface area contributed by atoms with Gasteiger partial charge in [-0.15, -0.1) is 0 Å². The molecular weight excluding hydrogens is 274 g/mol. The lowest BCUT2D eigenvalue weighted by Gasteiger charge is -2.29. The Morgan fingerprint density at radius 1 is 1.55 bits per heavy atom. The van der Waals surface area contributed by atoms with Crippen molar-refractivity contribution in [1.82, 2.24) is 4.98 Å². The second-order valence-electron chi connectivity index (χ2n) is 5.64. The molecular formula is C14H15N3O2S. The minimum atomic E-state index is -0.463. The third-order valence-electron chi connectivity index (χ3n) is 3.12. The fourth-order valence-electron chi connectivity index (χ4n) is 2.28. The SMILES string of the molecule is CC1(C)CC(=O)c2cc(C#N)c(SCC(N)=O)nc2C1. The number of ketones is 1. The van der Waals surface area contributed by atoms with Crippen LogP contribution in [-0.2, 0) is 11.2 Å². The van der Waals surface area contributed by atoms with Crippen molar-refractivity contribution < 1.29 is 9.59 Å². The van der Waals surface area contributed by atoms with Crippen molar-refractivity contribution in [2.75, 3.05) is 5.75 Å². The third-order valence-corrected chi connectivity index (χ3v) is 4.14. The molecule has 1 heterocycles. The lowest BCUT2D eigenvalue weighted by atomic mass is 9.75. The number of nitrogens with zero attached hydrogens (tertiary/aromatic N) is 2. The first-order valence-electron chi connectivity index (χ1n) is 6.21. The Kier molecular flexibility index (Phi) is 3.82. The summed E-state index contributed by atoms with van der Waals surface area (Å²) >= 11 is 1.13. The molecule has 0 saturated heterocycles. The summed E-state index contributed by atoms with van der Waals surface area (Å²) in [5.74, 6) is -0.376. The summed E-state index contributed by atoms with van der Waals surface area (Å²) in [6.45, 7) is 4.04. The van der Waals surface area contributed by atoms with Gasteiger partial charge in [-0.25, -0.2) is 4.98 Å². The van der Waals surface area contributed by atoms with Gasteiger partial charge in [0, 0.05) is 12.0 Å². The second-order valence-corrected chi connectivity index (χ2v) is 6.61. The Morgan fingerprint density at radius 2 is 2.25 bits per heavy atom. The van der Waals surface area contributed by atoms with Crippen LogP contribution in [-0.4, -0.2) is 22.4 Å². The van der Waals surface area contributed by atoms with E-state index in [1.165, 1.54) is 0 Å². The number of rotatable bonds is 3. The van der Waals surface area contributed by atoms with Crippen LogP contribution in [0.15, 0.2) is 11.1 Å². The Labute approximate surface area is 121 Å². The highest BCUT2D eigenvalue weighted by Crippen LogP contribution is 2.35. The van der Waals surface area contributed by atoms with E-state index >= 15 is 0 Å². The van der Waals surface area contributed by atoms with Gasteiger partial charge < -0.3 is 5.73 Å². The first-order valence-corrected chi connectivity index (χ1v) is 7.19. The number of thioether (sulfide) groups is 1. The highest BCUT2D eigenvalue weighted by atomic mass is 32.2. The Hall–Kier alpha value is -1.87. The number of amides is 1. The van der Waals surface area contributed by atoms with Crippen LogP contribution >= 0.6 is 11.8 Å². The Balaban J connectivity index is 2.44. The van der Waals surface area contributed by atoms with Crippen molar-refractivity contribution in [3.8, 4) is 6.07 Å². The van der Waals surface area contributed by atoms with Gasteiger partial charge in [0.05, 0.1) is 17.0 Å². The number of carbonyl (C=O) groups excluding carboxylic acids is 2. The van der Waals surface area contributed by atoms with Gasteiger partial charge in [0.25, 0.3) is 0 Å². The molecule has 1 aromatic heterocycles. The van der Waals surface area contributed by atoms with E-state index in [4.69, 9.17) is 11.0 Å². The van der Waals surface area contributed by atoms with Crippen LogP contribution in [0.5, 0.6) is 0 Å². The maximum atomic E-state index is 12.1. The molecule has 104 valence electrons. The van der Waals surface area contributed by atoms with Gasteiger partial charge in [0.2, 0.25) is 5.91 Å². The molecule has 2 N–H and O–H groups in total. The number of fused-ring (bicyclic) bond motifs is 1. The minimum absolute atomic E-state index is 0.0201. The van der Waals surface area contributed by atoms with Crippen LogP contribution in [0, 0.1) is 16.7 Å². The van der Waals surface area contributed by atoms with Gasteiger partial charge in [-0.3, -0.25) is 9.59 Å². The summed E-state index contributed by atoms with van der Waals surface area (Å²) in [6, 6.07) is 3.61. The van der Waals surface area contributed by atoms with E-state index in [-0.39, 0.29) is 17.0 Å². The first-order chi connectivity index (χ1) is 9.32. The summed E-state index contributed by atoms with van der Waals surface area (Å²) in [4.78, 5) is 27.4. The lowest BCUT2D eigenvalue weighted by molar-refractivity contribution is -0.115. The zero-order valence-corrected chi connectivity index (χ0v) is 12.2. The maximum Gasteiger partial charge on any atom is 0.227 e. The fourth-order valence-corrected chi connectivity index (χ4v) is 3.00. The van der Waals surface area contributed by atoms with Crippen LogP contribution in [0.4, 0.5) is 0 Å². The molecule has 0 bridgehead atoms. The quantitative estimate of drug-likeness (QED) is 0.854. The number of pyridine rings is 1. The molecule has 0 aliphatic heterocycles. The number of nitrogens with two attached hydrogens (primary N) is 1. The number of nitriles is 1. The highest BCUT2D eigenvalue weighted by molar-refractivity contribution is 7.99. The van der Waals surface area contributed by atoms with Crippen LogP contribution in [0.25, 0.3) is 0 Å². The van der Waals surface area contributed by atoms with Crippen LogP contribution in [0.3, 0.4) is 0 Å². The van der Waals surface area contributed by atoms with Crippen molar-refractivity contribution in [2.45, 2.75) is 31.7 Å². The summed E-state index contributed by atoms with van der Waals surface area (Å²) < 4.78 is 0. The standard InChI is InChI=1S/C14H15N3O2S/c1-14(2)4-10-9(11(18)5-14)3-8(6-15)13(17-10)20-7-12(16)19/h3H,4-5,7H2,1-2H3,(H2,16,19). The number of primary amides is 1. The molecule has 20 heavy (non-hydrogen) atoms.